The zero-order valence-electron chi connectivity index (χ0n) is 8.83. The molecular weight excluding hydrogens is 203 g/mol. The Kier molecular flexibility index (Phi) is 2.82. The standard InChI is InChI=1S/C14H10FO/c1-10(16)11-2-4-12(5-3-11)13-6-8-14(15)9-7-13/h2-4,6-9H,1H3. The molecular formula is C14H10FO. The van der Waals surface area contributed by atoms with Gasteiger partial charge in [-0.3, -0.25) is 4.79 Å². The van der Waals surface area contributed by atoms with E-state index in [0.29, 0.717) is 5.56 Å². The third-order valence-corrected chi connectivity index (χ3v) is 2.37. The summed E-state index contributed by atoms with van der Waals surface area (Å²) >= 11 is 0. The van der Waals surface area contributed by atoms with Crippen molar-refractivity contribution < 1.29 is 9.18 Å². The Hall–Kier alpha value is -1.96. The van der Waals surface area contributed by atoms with Crippen LogP contribution in [-0.2, 0) is 0 Å². The zero-order chi connectivity index (χ0) is 11.5. The zero-order valence-corrected chi connectivity index (χ0v) is 8.83. The van der Waals surface area contributed by atoms with Crippen molar-refractivity contribution in [3.8, 4) is 11.1 Å². The van der Waals surface area contributed by atoms with Crippen LogP contribution in [0.1, 0.15) is 17.3 Å². The lowest BCUT2D eigenvalue weighted by Gasteiger charge is -2.01. The molecule has 2 rings (SSSR count). The van der Waals surface area contributed by atoms with Gasteiger partial charge in [0.1, 0.15) is 5.82 Å². The molecule has 0 aliphatic carbocycles. The number of hydrogen-bond acceptors (Lipinski definition) is 1. The van der Waals surface area contributed by atoms with E-state index in [-0.39, 0.29) is 11.6 Å². The molecule has 0 atom stereocenters. The summed E-state index contributed by atoms with van der Waals surface area (Å²) in [6, 6.07) is 14.4. The summed E-state index contributed by atoms with van der Waals surface area (Å²) in [6.45, 7) is 1.51. The molecule has 0 bridgehead atoms. The molecule has 0 aromatic heterocycles. The molecule has 0 amide bonds. The van der Waals surface area contributed by atoms with E-state index < -0.39 is 0 Å². The van der Waals surface area contributed by atoms with Crippen LogP contribution in [0.25, 0.3) is 11.1 Å². The predicted molar refractivity (Wildman–Crippen MR) is 60.7 cm³/mol. The van der Waals surface area contributed by atoms with Gasteiger partial charge in [0.2, 0.25) is 0 Å². The smallest absolute Gasteiger partial charge is 0.159 e. The molecule has 0 heterocycles. The number of carbonyl (C=O) groups is 1. The quantitative estimate of drug-likeness (QED) is 0.698. The van der Waals surface area contributed by atoms with E-state index in [0.717, 1.165) is 11.1 Å². The number of rotatable bonds is 2. The molecule has 2 heteroatoms. The molecule has 1 nitrogen and oxygen atoms in total. The average Bonchev–Trinajstić information content (AvgIpc) is 2.30. The third-order valence-electron chi connectivity index (χ3n) is 2.37. The van der Waals surface area contributed by atoms with Crippen molar-refractivity contribution in [1.82, 2.24) is 0 Å². The molecule has 0 N–H and O–H groups in total. The maximum absolute atomic E-state index is 12.7. The normalized spacial score (nSPS) is 10.1. The minimum Gasteiger partial charge on any atom is -0.295 e. The molecule has 0 saturated carbocycles. The van der Waals surface area contributed by atoms with Gasteiger partial charge in [-0.2, -0.15) is 0 Å². The second-order valence-corrected chi connectivity index (χ2v) is 3.55. The maximum Gasteiger partial charge on any atom is 0.159 e. The van der Waals surface area contributed by atoms with Crippen molar-refractivity contribution in [2.45, 2.75) is 6.92 Å². The van der Waals surface area contributed by atoms with E-state index in [1.165, 1.54) is 19.1 Å². The van der Waals surface area contributed by atoms with Crippen LogP contribution in [0.4, 0.5) is 4.39 Å². The molecule has 16 heavy (non-hydrogen) atoms. The van der Waals surface area contributed by atoms with Gasteiger partial charge in [-0.15, -0.1) is 0 Å². The van der Waals surface area contributed by atoms with Crippen LogP contribution in [-0.4, -0.2) is 5.78 Å². The van der Waals surface area contributed by atoms with Crippen molar-refractivity contribution in [1.29, 1.82) is 0 Å². The van der Waals surface area contributed by atoms with E-state index in [1.54, 1.807) is 24.3 Å². The number of Topliss-reactive ketones (excluding diaryl/α,β-unsaturated/α-hetero) is 1. The summed E-state index contributed by atoms with van der Waals surface area (Å²) in [6.07, 6.45) is 0. The van der Waals surface area contributed by atoms with Crippen LogP contribution in [0.15, 0.2) is 42.5 Å². The van der Waals surface area contributed by atoms with E-state index in [2.05, 4.69) is 6.07 Å². The summed E-state index contributed by atoms with van der Waals surface area (Å²) in [5, 5.41) is 0. The van der Waals surface area contributed by atoms with E-state index in [1.807, 2.05) is 6.07 Å². The maximum atomic E-state index is 12.7. The molecule has 0 aliphatic heterocycles. The fraction of sp³-hybridized carbons (Fsp3) is 0.0714. The molecule has 0 aliphatic rings. The number of carbonyl (C=O) groups excluding carboxylic acids is 1. The van der Waals surface area contributed by atoms with E-state index in [9.17, 15) is 9.18 Å². The lowest BCUT2D eigenvalue weighted by Crippen LogP contribution is -1.91. The number of halogens is 1. The first-order valence-electron chi connectivity index (χ1n) is 4.95. The number of hydrogen-bond donors (Lipinski definition) is 0. The van der Waals surface area contributed by atoms with Gasteiger partial charge in [0.05, 0.1) is 0 Å². The Morgan fingerprint density at radius 2 is 1.81 bits per heavy atom. The Labute approximate surface area is 93.5 Å². The monoisotopic (exact) mass is 213 g/mol. The highest BCUT2D eigenvalue weighted by Crippen LogP contribution is 2.19. The second-order valence-electron chi connectivity index (χ2n) is 3.55. The summed E-state index contributed by atoms with van der Waals surface area (Å²) in [5.41, 5.74) is 2.37. The first-order chi connectivity index (χ1) is 7.66. The van der Waals surface area contributed by atoms with E-state index in [4.69, 9.17) is 0 Å². The summed E-state index contributed by atoms with van der Waals surface area (Å²) < 4.78 is 12.7. The Morgan fingerprint density at radius 3 is 2.31 bits per heavy atom. The van der Waals surface area contributed by atoms with Gasteiger partial charge in [0.15, 0.2) is 5.78 Å². The Morgan fingerprint density at radius 1 is 1.12 bits per heavy atom. The molecule has 2 aromatic rings. The molecule has 0 unspecified atom stereocenters. The number of benzene rings is 2. The molecule has 1 radical (unpaired) electrons. The largest absolute Gasteiger partial charge is 0.295 e. The Balaban J connectivity index is 2.34. The van der Waals surface area contributed by atoms with Crippen molar-refractivity contribution in [2.75, 3.05) is 0 Å². The van der Waals surface area contributed by atoms with Gasteiger partial charge in [0.25, 0.3) is 0 Å². The third kappa shape index (κ3) is 2.16. The highest BCUT2D eigenvalue weighted by Gasteiger charge is 2.01. The molecule has 0 saturated heterocycles. The highest BCUT2D eigenvalue weighted by molar-refractivity contribution is 5.94. The van der Waals surface area contributed by atoms with Gasteiger partial charge in [-0.25, -0.2) is 4.39 Å². The Bertz CT molecular complexity index is 497. The van der Waals surface area contributed by atoms with Crippen LogP contribution < -0.4 is 0 Å². The fourth-order valence-electron chi connectivity index (χ4n) is 1.45. The van der Waals surface area contributed by atoms with Crippen molar-refractivity contribution >= 4 is 5.78 Å². The molecule has 0 spiro atoms. The average molecular weight is 213 g/mol. The highest BCUT2D eigenvalue weighted by atomic mass is 19.1. The summed E-state index contributed by atoms with van der Waals surface area (Å²) in [4.78, 5) is 11.1. The van der Waals surface area contributed by atoms with Crippen LogP contribution in [0, 0.1) is 11.9 Å². The summed E-state index contributed by atoms with van der Waals surface area (Å²) in [5.74, 6) is -0.244. The van der Waals surface area contributed by atoms with Crippen LogP contribution in [0.3, 0.4) is 0 Å². The minimum absolute atomic E-state index is 0.0157. The van der Waals surface area contributed by atoms with Crippen molar-refractivity contribution in [3.63, 3.8) is 0 Å². The molecule has 79 valence electrons. The summed E-state index contributed by atoms with van der Waals surface area (Å²) in [7, 11) is 0. The molecule has 2 aromatic carbocycles. The van der Waals surface area contributed by atoms with Crippen molar-refractivity contribution in [2.24, 2.45) is 0 Å². The van der Waals surface area contributed by atoms with Gasteiger partial charge in [0, 0.05) is 5.56 Å². The second kappa shape index (κ2) is 4.27. The SMILES string of the molecule is CC(=O)c1c[c]c(-c2ccc(F)cc2)cc1. The van der Waals surface area contributed by atoms with E-state index >= 15 is 0 Å². The first-order valence-corrected chi connectivity index (χ1v) is 4.95. The minimum atomic E-state index is -0.260. The van der Waals surface area contributed by atoms with Gasteiger partial charge >= 0.3 is 0 Å². The number of ketones is 1. The van der Waals surface area contributed by atoms with Gasteiger partial charge < -0.3 is 0 Å². The lowest BCUT2D eigenvalue weighted by atomic mass is 10.0. The van der Waals surface area contributed by atoms with Crippen LogP contribution in [0.2, 0.25) is 0 Å². The first kappa shape index (κ1) is 10.6. The topological polar surface area (TPSA) is 17.1 Å². The van der Waals surface area contributed by atoms with Crippen LogP contribution in [0.5, 0.6) is 0 Å². The lowest BCUT2D eigenvalue weighted by molar-refractivity contribution is 0.101. The van der Waals surface area contributed by atoms with Gasteiger partial charge in [-0.1, -0.05) is 24.3 Å². The predicted octanol–water partition coefficient (Wildman–Crippen LogP) is 3.50. The molecule has 0 fully saturated rings. The van der Waals surface area contributed by atoms with Crippen LogP contribution >= 0.6 is 0 Å². The van der Waals surface area contributed by atoms with Gasteiger partial charge in [-0.05, 0) is 42.3 Å². The van der Waals surface area contributed by atoms with Crippen molar-refractivity contribution in [3.05, 3.63) is 59.9 Å². The fourth-order valence-corrected chi connectivity index (χ4v) is 1.45.